The van der Waals surface area contributed by atoms with Gasteiger partial charge in [-0.25, -0.2) is 19.1 Å². The fraction of sp³-hybridized carbons (Fsp3) is 0.385. The van der Waals surface area contributed by atoms with E-state index in [2.05, 4.69) is 10.1 Å². The van der Waals surface area contributed by atoms with Crippen LogP contribution in [0.25, 0.3) is 5.65 Å². The quantitative estimate of drug-likeness (QED) is 0.785. The zero-order valence-corrected chi connectivity index (χ0v) is 11.5. The number of nitrogens with zero attached hydrogens (tertiary/aromatic N) is 3. The Morgan fingerprint density at radius 2 is 1.80 bits per heavy atom. The van der Waals surface area contributed by atoms with Crippen LogP contribution in [0, 0.1) is 6.92 Å². The van der Waals surface area contributed by atoms with Gasteiger partial charge in [0.15, 0.2) is 11.3 Å². The minimum Gasteiger partial charge on any atom is -0.462 e. The molecule has 0 saturated heterocycles. The van der Waals surface area contributed by atoms with Crippen molar-refractivity contribution in [1.82, 2.24) is 14.6 Å². The molecule has 0 unspecified atom stereocenters. The summed E-state index contributed by atoms with van der Waals surface area (Å²) in [6.45, 7) is 5.68. The summed E-state index contributed by atoms with van der Waals surface area (Å²) in [7, 11) is 0. The van der Waals surface area contributed by atoms with E-state index < -0.39 is 11.9 Å². The molecule has 0 aliphatic heterocycles. The van der Waals surface area contributed by atoms with Crippen molar-refractivity contribution in [1.29, 1.82) is 0 Å². The molecule has 0 atom stereocenters. The number of aryl methyl sites for hydroxylation is 1. The third-order valence-electron chi connectivity index (χ3n) is 2.67. The van der Waals surface area contributed by atoms with Crippen LogP contribution < -0.4 is 0 Å². The van der Waals surface area contributed by atoms with Crippen molar-refractivity contribution in [2.24, 2.45) is 0 Å². The van der Waals surface area contributed by atoms with Gasteiger partial charge in [0.2, 0.25) is 0 Å². The van der Waals surface area contributed by atoms with Gasteiger partial charge in [-0.3, -0.25) is 0 Å². The van der Waals surface area contributed by atoms with Gasteiger partial charge < -0.3 is 9.47 Å². The SMILES string of the molecule is CCOC(=O)c1cnn2c(C(=O)OCC)c(C)cnc12. The van der Waals surface area contributed by atoms with Gasteiger partial charge >= 0.3 is 11.9 Å². The summed E-state index contributed by atoms with van der Waals surface area (Å²) in [6.07, 6.45) is 2.84. The van der Waals surface area contributed by atoms with Crippen LogP contribution in [0.4, 0.5) is 0 Å². The summed E-state index contributed by atoms with van der Waals surface area (Å²) < 4.78 is 11.2. The number of aromatic nitrogens is 3. The molecule has 2 aromatic rings. The van der Waals surface area contributed by atoms with Crippen LogP contribution in [0.2, 0.25) is 0 Å². The lowest BCUT2D eigenvalue weighted by molar-refractivity contribution is 0.0507. The van der Waals surface area contributed by atoms with Gasteiger partial charge in [-0.05, 0) is 20.8 Å². The number of hydrogen-bond acceptors (Lipinski definition) is 6. The Morgan fingerprint density at radius 3 is 2.45 bits per heavy atom. The molecule has 20 heavy (non-hydrogen) atoms. The summed E-state index contributed by atoms with van der Waals surface area (Å²) in [4.78, 5) is 27.9. The van der Waals surface area contributed by atoms with E-state index in [1.807, 2.05) is 0 Å². The Kier molecular flexibility index (Phi) is 3.97. The Balaban J connectivity index is 2.57. The van der Waals surface area contributed by atoms with Crippen LogP contribution in [0.1, 0.15) is 40.3 Å². The fourth-order valence-corrected chi connectivity index (χ4v) is 1.82. The molecule has 0 bridgehead atoms. The average molecular weight is 277 g/mol. The second kappa shape index (κ2) is 5.68. The average Bonchev–Trinajstić information content (AvgIpc) is 2.82. The van der Waals surface area contributed by atoms with Crippen LogP contribution in [0.3, 0.4) is 0 Å². The molecule has 0 N–H and O–H groups in total. The number of ether oxygens (including phenoxy) is 2. The predicted octanol–water partition coefficient (Wildman–Crippen LogP) is 1.39. The van der Waals surface area contributed by atoms with Gasteiger partial charge in [0.25, 0.3) is 0 Å². The third kappa shape index (κ3) is 2.34. The van der Waals surface area contributed by atoms with E-state index in [0.29, 0.717) is 5.56 Å². The Hall–Kier alpha value is -2.44. The number of carbonyl (C=O) groups excluding carboxylic acids is 2. The molecule has 0 fully saturated rings. The third-order valence-corrected chi connectivity index (χ3v) is 2.67. The van der Waals surface area contributed by atoms with Gasteiger partial charge in [-0.2, -0.15) is 5.10 Å². The van der Waals surface area contributed by atoms with E-state index in [-0.39, 0.29) is 30.1 Å². The number of rotatable bonds is 4. The number of esters is 2. The highest BCUT2D eigenvalue weighted by Gasteiger charge is 2.21. The minimum atomic E-state index is -0.520. The highest BCUT2D eigenvalue weighted by Crippen LogP contribution is 2.15. The summed E-state index contributed by atoms with van der Waals surface area (Å²) in [6, 6.07) is 0. The summed E-state index contributed by atoms with van der Waals surface area (Å²) >= 11 is 0. The summed E-state index contributed by atoms with van der Waals surface area (Å²) in [5, 5.41) is 4.04. The first kappa shape index (κ1) is 14.0. The van der Waals surface area contributed by atoms with Gasteiger partial charge in [0.1, 0.15) is 5.56 Å². The molecule has 7 nitrogen and oxygen atoms in total. The van der Waals surface area contributed by atoms with E-state index >= 15 is 0 Å². The van der Waals surface area contributed by atoms with E-state index in [9.17, 15) is 9.59 Å². The van der Waals surface area contributed by atoms with Gasteiger partial charge in [0.05, 0.1) is 19.4 Å². The maximum absolute atomic E-state index is 12.0. The highest BCUT2D eigenvalue weighted by molar-refractivity contribution is 5.97. The topological polar surface area (TPSA) is 82.8 Å². The van der Waals surface area contributed by atoms with E-state index in [1.165, 1.54) is 16.9 Å². The number of carbonyl (C=O) groups is 2. The highest BCUT2D eigenvalue weighted by atomic mass is 16.5. The van der Waals surface area contributed by atoms with Crippen molar-refractivity contribution < 1.29 is 19.1 Å². The first-order valence-electron chi connectivity index (χ1n) is 6.27. The number of fused-ring (bicyclic) bond motifs is 1. The van der Waals surface area contributed by atoms with Crippen LogP contribution in [0.5, 0.6) is 0 Å². The zero-order chi connectivity index (χ0) is 14.7. The molecular weight excluding hydrogens is 262 g/mol. The molecule has 2 aromatic heterocycles. The summed E-state index contributed by atoms with van der Waals surface area (Å²) in [5.41, 5.74) is 1.37. The second-order valence-corrected chi connectivity index (χ2v) is 4.02. The Bertz CT molecular complexity index is 663. The molecule has 0 aliphatic rings. The Labute approximate surface area is 115 Å². The van der Waals surface area contributed by atoms with Crippen LogP contribution in [-0.4, -0.2) is 39.8 Å². The predicted molar refractivity (Wildman–Crippen MR) is 69.6 cm³/mol. The molecule has 0 radical (unpaired) electrons. The van der Waals surface area contributed by atoms with E-state index in [0.717, 1.165) is 0 Å². The molecule has 0 amide bonds. The van der Waals surface area contributed by atoms with E-state index in [1.54, 1.807) is 20.8 Å². The molecule has 7 heteroatoms. The lowest BCUT2D eigenvalue weighted by Gasteiger charge is -2.07. The maximum atomic E-state index is 12.0. The van der Waals surface area contributed by atoms with E-state index in [4.69, 9.17) is 9.47 Å². The van der Waals surface area contributed by atoms with Crippen molar-refractivity contribution in [3.05, 3.63) is 29.2 Å². The van der Waals surface area contributed by atoms with Crippen LogP contribution in [0.15, 0.2) is 12.4 Å². The molecule has 0 saturated carbocycles. The lowest BCUT2D eigenvalue weighted by Crippen LogP contribution is -2.14. The van der Waals surface area contributed by atoms with Gasteiger partial charge in [0, 0.05) is 11.8 Å². The molecular formula is C13H15N3O4. The van der Waals surface area contributed by atoms with Crippen LogP contribution >= 0.6 is 0 Å². The lowest BCUT2D eigenvalue weighted by atomic mass is 10.2. The van der Waals surface area contributed by atoms with Crippen molar-refractivity contribution in [3.8, 4) is 0 Å². The fourth-order valence-electron chi connectivity index (χ4n) is 1.82. The molecule has 2 rings (SSSR count). The van der Waals surface area contributed by atoms with Crippen LogP contribution in [-0.2, 0) is 9.47 Å². The smallest absolute Gasteiger partial charge is 0.357 e. The van der Waals surface area contributed by atoms with Crippen molar-refractivity contribution in [2.45, 2.75) is 20.8 Å². The standard InChI is InChI=1S/C13H15N3O4/c1-4-19-12(17)9-7-15-16-10(13(18)20-5-2)8(3)6-14-11(9)16/h6-7H,4-5H2,1-3H3. The van der Waals surface area contributed by atoms with Gasteiger partial charge in [-0.15, -0.1) is 0 Å². The molecule has 0 spiro atoms. The first-order chi connectivity index (χ1) is 9.60. The molecule has 106 valence electrons. The second-order valence-electron chi connectivity index (χ2n) is 4.02. The minimum absolute atomic E-state index is 0.220. The zero-order valence-electron chi connectivity index (χ0n) is 11.5. The maximum Gasteiger partial charge on any atom is 0.357 e. The molecule has 0 aromatic carbocycles. The van der Waals surface area contributed by atoms with Gasteiger partial charge in [-0.1, -0.05) is 0 Å². The summed E-state index contributed by atoms with van der Waals surface area (Å²) in [5.74, 6) is -1.02. The van der Waals surface area contributed by atoms with Crippen molar-refractivity contribution in [3.63, 3.8) is 0 Å². The molecule has 2 heterocycles. The van der Waals surface area contributed by atoms with Crippen molar-refractivity contribution >= 4 is 17.6 Å². The molecule has 0 aliphatic carbocycles. The normalized spacial score (nSPS) is 10.6. The monoisotopic (exact) mass is 277 g/mol. The van der Waals surface area contributed by atoms with Crippen molar-refractivity contribution in [2.75, 3.05) is 13.2 Å². The number of hydrogen-bond donors (Lipinski definition) is 0. The first-order valence-corrected chi connectivity index (χ1v) is 6.27. The largest absolute Gasteiger partial charge is 0.462 e. The Morgan fingerprint density at radius 1 is 1.15 bits per heavy atom.